The number of piperidine rings is 1. The Bertz CT molecular complexity index is 2010. The van der Waals surface area contributed by atoms with Crippen LogP contribution in [0, 0.1) is 25.5 Å². The van der Waals surface area contributed by atoms with E-state index in [1.807, 2.05) is 56.3 Å². The number of anilines is 1. The summed E-state index contributed by atoms with van der Waals surface area (Å²) in [7, 11) is 1.60. The van der Waals surface area contributed by atoms with Crippen molar-refractivity contribution in [3.8, 4) is 34.1 Å². The van der Waals surface area contributed by atoms with Gasteiger partial charge < -0.3 is 18.6 Å². The van der Waals surface area contributed by atoms with Crippen molar-refractivity contribution in [3.05, 3.63) is 95.8 Å². The predicted octanol–water partition coefficient (Wildman–Crippen LogP) is 7.50. The van der Waals surface area contributed by atoms with Crippen LogP contribution in [0.4, 0.5) is 14.5 Å². The van der Waals surface area contributed by atoms with E-state index in [2.05, 4.69) is 5.16 Å². The number of aromatic nitrogens is 4. The number of oxazole rings is 1. The van der Waals surface area contributed by atoms with Gasteiger partial charge in [0.25, 0.3) is 0 Å². The molecule has 1 aliphatic rings. The lowest BCUT2D eigenvalue weighted by molar-refractivity contribution is -0.120. The fraction of sp³-hybridized carbons (Fsp3) is 0.212. The molecule has 6 aromatic rings. The molecule has 1 aliphatic heterocycles. The average molecular weight is 596 g/mol. The van der Waals surface area contributed by atoms with Gasteiger partial charge in [0.15, 0.2) is 11.6 Å². The molecule has 1 atom stereocenters. The number of imidazole rings is 1. The van der Waals surface area contributed by atoms with Gasteiger partial charge in [-0.3, -0.25) is 4.79 Å². The predicted molar refractivity (Wildman–Crippen MR) is 159 cm³/mol. The second-order valence-corrected chi connectivity index (χ2v) is 10.7. The molecule has 11 heteroatoms. The summed E-state index contributed by atoms with van der Waals surface area (Å²) >= 11 is 0. The molecule has 3 aromatic heterocycles. The number of hydrogen-bond donors (Lipinski definition) is 0. The number of hydrogen-bond acceptors (Lipinski definition) is 7. The number of nitrogens with zero attached hydrogens (tertiary/aromatic N) is 5. The largest absolute Gasteiger partial charge is 0.497 e. The number of benzene rings is 3. The number of carbonyl (C=O) groups is 1. The highest BCUT2D eigenvalue weighted by Gasteiger charge is 2.36. The molecule has 0 bridgehead atoms. The molecule has 0 spiro atoms. The molecular weight excluding hydrogens is 568 g/mol. The molecule has 0 radical (unpaired) electrons. The topological polar surface area (TPSA) is 99.4 Å². The molecule has 0 N–H and O–H groups in total. The molecular formula is C33H27F2N5O4. The van der Waals surface area contributed by atoms with Crippen LogP contribution in [0.5, 0.6) is 5.75 Å². The summed E-state index contributed by atoms with van der Waals surface area (Å²) in [4.78, 5) is 24.7. The minimum atomic E-state index is -1.03. The molecule has 0 aliphatic carbocycles. The van der Waals surface area contributed by atoms with Crippen molar-refractivity contribution in [1.29, 1.82) is 0 Å². The van der Waals surface area contributed by atoms with Crippen molar-refractivity contribution in [3.63, 3.8) is 0 Å². The number of aryl methyl sites for hydroxylation is 2. The molecule has 1 saturated heterocycles. The summed E-state index contributed by atoms with van der Waals surface area (Å²) in [6.07, 6.45) is 2.97. The van der Waals surface area contributed by atoms with Gasteiger partial charge in [-0.15, -0.1) is 0 Å². The van der Waals surface area contributed by atoms with E-state index < -0.39 is 17.7 Å². The zero-order chi connectivity index (χ0) is 30.5. The van der Waals surface area contributed by atoms with Crippen molar-refractivity contribution in [2.24, 2.45) is 0 Å². The lowest BCUT2D eigenvalue weighted by Crippen LogP contribution is -2.39. The van der Waals surface area contributed by atoms with E-state index in [0.29, 0.717) is 46.9 Å². The van der Waals surface area contributed by atoms with E-state index in [4.69, 9.17) is 23.6 Å². The fourth-order valence-corrected chi connectivity index (χ4v) is 5.91. The zero-order valence-corrected chi connectivity index (χ0v) is 24.2. The maximum atomic E-state index is 14.4. The Hall–Kier alpha value is -5.32. The molecule has 4 heterocycles. The SMILES string of the molecule is COc1ccc(-c2coc(-n3c(C4CCCC(=O)N4c4ccc(F)c(F)c4)nc4cc(-c5c(C)noc5C)ccc43)n2)cc1. The van der Waals surface area contributed by atoms with Gasteiger partial charge in [-0.05, 0) is 80.8 Å². The van der Waals surface area contributed by atoms with Crippen LogP contribution in [0.3, 0.4) is 0 Å². The Morgan fingerprint density at radius 3 is 2.48 bits per heavy atom. The van der Waals surface area contributed by atoms with Crippen LogP contribution in [-0.2, 0) is 4.79 Å². The second-order valence-electron chi connectivity index (χ2n) is 10.7. The highest BCUT2D eigenvalue weighted by Crippen LogP contribution is 2.39. The van der Waals surface area contributed by atoms with Gasteiger partial charge >= 0.3 is 6.01 Å². The number of halogens is 2. The molecule has 44 heavy (non-hydrogen) atoms. The average Bonchev–Trinajstić information content (AvgIpc) is 3.75. The standard InChI is InChI=1S/C33H27F2N5O4/c1-18-31(19(2)44-38-18)21-9-14-28-26(15-21)36-32(29-5-4-6-30(41)39(29)22-10-13-24(34)25(35)16-22)40(28)33-37-27(17-43-33)20-7-11-23(42-3)12-8-20/h7-17,29H,4-6H2,1-3H3. The van der Waals surface area contributed by atoms with Gasteiger partial charge in [0.1, 0.15) is 29.3 Å². The van der Waals surface area contributed by atoms with Crippen molar-refractivity contribution in [1.82, 2.24) is 19.7 Å². The Morgan fingerprint density at radius 1 is 0.955 bits per heavy atom. The maximum Gasteiger partial charge on any atom is 0.308 e. The molecule has 9 nitrogen and oxygen atoms in total. The molecule has 3 aromatic carbocycles. The van der Waals surface area contributed by atoms with E-state index in [1.54, 1.807) is 17.9 Å². The van der Waals surface area contributed by atoms with Crippen LogP contribution in [0.1, 0.15) is 42.6 Å². The minimum absolute atomic E-state index is 0.214. The molecule has 1 fully saturated rings. The quantitative estimate of drug-likeness (QED) is 0.197. The maximum absolute atomic E-state index is 14.4. The van der Waals surface area contributed by atoms with E-state index in [9.17, 15) is 13.6 Å². The molecule has 0 saturated carbocycles. The highest BCUT2D eigenvalue weighted by atomic mass is 19.2. The number of carbonyl (C=O) groups excluding carboxylic acids is 1. The van der Waals surface area contributed by atoms with E-state index >= 15 is 0 Å². The van der Waals surface area contributed by atoms with E-state index in [0.717, 1.165) is 34.5 Å². The van der Waals surface area contributed by atoms with Crippen LogP contribution in [-0.4, -0.2) is 32.7 Å². The first-order valence-corrected chi connectivity index (χ1v) is 14.2. The second kappa shape index (κ2) is 10.7. The normalized spacial score (nSPS) is 15.3. The van der Waals surface area contributed by atoms with Crippen LogP contribution in [0.25, 0.3) is 39.4 Å². The van der Waals surface area contributed by atoms with Crippen molar-refractivity contribution in [2.75, 3.05) is 12.0 Å². The van der Waals surface area contributed by atoms with E-state index in [1.165, 1.54) is 11.0 Å². The van der Waals surface area contributed by atoms with Crippen molar-refractivity contribution < 1.29 is 27.3 Å². The van der Waals surface area contributed by atoms with Gasteiger partial charge in [0.05, 0.1) is 29.9 Å². The number of amides is 1. The van der Waals surface area contributed by atoms with Gasteiger partial charge in [-0.1, -0.05) is 11.2 Å². The Morgan fingerprint density at radius 2 is 1.75 bits per heavy atom. The zero-order valence-electron chi connectivity index (χ0n) is 24.2. The van der Waals surface area contributed by atoms with Crippen LogP contribution in [0.15, 0.2) is 75.9 Å². The summed E-state index contributed by atoms with van der Waals surface area (Å²) in [5.41, 5.74) is 5.49. The summed E-state index contributed by atoms with van der Waals surface area (Å²) in [6.45, 7) is 3.73. The molecule has 7 rings (SSSR count). The Kier molecular flexibility index (Phi) is 6.72. The summed E-state index contributed by atoms with van der Waals surface area (Å²) < 4.78 is 46.8. The number of methoxy groups -OCH3 is 1. The third-order valence-electron chi connectivity index (χ3n) is 8.00. The Balaban J connectivity index is 1.41. The lowest BCUT2D eigenvalue weighted by Gasteiger charge is -2.35. The monoisotopic (exact) mass is 595 g/mol. The first kappa shape index (κ1) is 27.5. The third kappa shape index (κ3) is 4.61. The Labute approximate surface area is 250 Å². The number of ether oxygens (including phenoxy) is 1. The van der Waals surface area contributed by atoms with Gasteiger partial charge in [0, 0.05) is 29.3 Å². The first-order valence-electron chi connectivity index (χ1n) is 14.2. The first-order chi connectivity index (χ1) is 21.3. The summed E-state index contributed by atoms with van der Waals surface area (Å²) in [5, 5.41) is 4.09. The third-order valence-corrected chi connectivity index (χ3v) is 8.00. The van der Waals surface area contributed by atoms with Gasteiger partial charge in [-0.25, -0.2) is 18.3 Å². The van der Waals surface area contributed by atoms with Crippen molar-refractivity contribution in [2.45, 2.75) is 39.2 Å². The summed E-state index contributed by atoms with van der Waals surface area (Å²) in [6, 6.07) is 16.4. The van der Waals surface area contributed by atoms with Gasteiger partial charge in [-0.2, -0.15) is 4.98 Å². The molecule has 1 amide bonds. The van der Waals surface area contributed by atoms with Crippen LogP contribution < -0.4 is 9.64 Å². The van der Waals surface area contributed by atoms with Crippen LogP contribution >= 0.6 is 0 Å². The lowest BCUT2D eigenvalue weighted by atomic mass is 9.99. The highest BCUT2D eigenvalue weighted by molar-refractivity contribution is 5.95. The number of fused-ring (bicyclic) bond motifs is 1. The molecule has 1 unspecified atom stereocenters. The van der Waals surface area contributed by atoms with E-state index in [-0.39, 0.29) is 24.0 Å². The number of rotatable bonds is 6. The fourth-order valence-electron chi connectivity index (χ4n) is 5.91. The van der Waals surface area contributed by atoms with Gasteiger partial charge in [0.2, 0.25) is 5.91 Å². The minimum Gasteiger partial charge on any atom is -0.497 e. The molecule has 222 valence electrons. The smallest absolute Gasteiger partial charge is 0.308 e. The van der Waals surface area contributed by atoms with Crippen LogP contribution in [0.2, 0.25) is 0 Å². The van der Waals surface area contributed by atoms with Crippen molar-refractivity contribution >= 4 is 22.6 Å². The summed E-state index contributed by atoms with van der Waals surface area (Å²) in [5.74, 6) is -0.353.